The summed E-state index contributed by atoms with van der Waals surface area (Å²) in [4.78, 5) is 42.6. The van der Waals surface area contributed by atoms with Gasteiger partial charge in [-0.2, -0.15) is 0 Å². The first-order valence-corrected chi connectivity index (χ1v) is 16.4. The van der Waals surface area contributed by atoms with Crippen molar-refractivity contribution in [2.45, 2.75) is 46.1 Å². The van der Waals surface area contributed by atoms with Crippen LogP contribution < -0.4 is 24.3 Å². The van der Waals surface area contributed by atoms with Crippen molar-refractivity contribution in [3.63, 3.8) is 0 Å². The van der Waals surface area contributed by atoms with E-state index >= 15 is 0 Å². The first kappa shape index (κ1) is 36.0. The molecule has 1 fully saturated rings. The Balaban J connectivity index is 1.51. The second-order valence-corrected chi connectivity index (χ2v) is 11.2. The molecule has 0 spiro atoms. The molecule has 0 aliphatic carbocycles. The van der Waals surface area contributed by atoms with Gasteiger partial charge in [0.25, 0.3) is 5.91 Å². The monoisotopic (exact) mass is 677 g/mol. The zero-order valence-corrected chi connectivity index (χ0v) is 28.9. The minimum Gasteiger partial charge on any atom is -0.493 e. The lowest BCUT2D eigenvalue weighted by Crippen LogP contribution is -2.39. The third-order valence-electron chi connectivity index (χ3n) is 7.78. The van der Waals surface area contributed by atoms with Crippen LogP contribution >= 0.6 is 12.2 Å². The van der Waals surface area contributed by atoms with Crippen LogP contribution in [0, 0.1) is 0 Å². The van der Waals surface area contributed by atoms with Gasteiger partial charge in [0.2, 0.25) is 5.91 Å². The van der Waals surface area contributed by atoms with E-state index in [0.717, 1.165) is 11.1 Å². The van der Waals surface area contributed by atoms with E-state index in [9.17, 15) is 14.4 Å². The number of hydrogen-bond acceptors (Lipinski definition) is 9. The molecule has 1 N–H and O–H groups in total. The predicted molar refractivity (Wildman–Crippen MR) is 186 cm³/mol. The highest BCUT2D eigenvalue weighted by Crippen LogP contribution is 2.31. The first-order chi connectivity index (χ1) is 23.2. The molecule has 0 aromatic heterocycles. The zero-order chi connectivity index (χ0) is 34.6. The summed E-state index contributed by atoms with van der Waals surface area (Å²) in [6, 6.07) is 17.0. The van der Waals surface area contributed by atoms with Crippen LogP contribution in [-0.4, -0.2) is 85.9 Å². The highest BCUT2D eigenvalue weighted by atomic mass is 32.1. The number of nitrogens with zero attached hydrogens (tertiary/aromatic N) is 2. The summed E-state index contributed by atoms with van der Waals surface area (Å²) >= 11 is 5.87. The minimum atomic E-state index is -0.796. The maximum absolute atomic E-state index is 13.9. The number of carbonyl (C=O) groups excluding carboxylic acids is 3. The second kappa shape index (κ2) is 17.4. The van der Waals surface area contributed by atoms with Crippen LogP contribution in [0.3, 0.4) is 0 Å². The van der Waals surface area contributed by atoms with Crippen molar-refractivity contribution >= 4 is 40.8 Å². The van der Waals surface area contributed by atoms with Crippen LogP contribution in [0.25, 0.3) is 0 Å². The predicted octanol–water partition coefficient (Wildman–Crippen LogP) is 5.29. The molecular weight excluding hydrogens is 634 g/mol. The van der Waals surface area contributed by atoms with E-state index in [2.05, 4.69) is 5.32 Å². The molecule has 0 bridgehead atoms. The van der Waals surface area contributed by atoms with Crippen molar-refractivity contribution < 1.29 is 38.1 Å². The Kier molecular flexibility index (Phi) is 13.0. The fraction of sp³-hybridized carbons (Fsp3) is 0.389. The molecule has 1 heterocycles. The molecule has 1 saturated heterocycles. The van der Waals surface area contributed by atoms with Gasteiger partial charge in [-0.1, -0.05) is 12.1 Å². The number of anilines is 1. The summed E-state index contributed by atoms with van der Waals surface area (Å²) in [6.45, 7) is 7.57. The average molecular weight is 678 g/mol. The van der Waals surface area contributed by atoms with Gasteiger partial charge in [0.05, 0.1) is 46.0 Å². The number of amides is 2. The third-order valence-corrected chi connectivity index (χ3v) is 8.24. The lowest BCUT2D eigenvalue weighted by molar-refractivity contribution is -0.130. The number of rotatable bonds is 17. The molecule has 256 valence electrons. The molecule has 1 atom stereocenters. The Labute approximate surface area is 287 Å². The summed E-state index contributed by atoms with van der Waals surface area (Å²) in [5.41, 5.74) is 2.80. The summed E-state index contributed by atoms with van der Waals surface area (Å²) in [5, 5.41) is 3.21. The molecule has 0 unspecified atom stereocenters. The molecule has 4 rings (SSSR count). The first-order valence-electron chi connectivity index (χ1n) is 16.0. The molecule has 11 nitrogen and oxygen atoms in total. The lowest BCUT2D eigenvalue weighted by Gasteiger charge is -2.24. The lowest BCUT2D eigenvalue weighted by atomic mass is 10.1. The second-order valence-electron chi connectivity index (χ2n) is 10.9. The Morgan fingerprint density at radius 3 is 2.00 bits per heavy atom. The highest BCUT2D eigenvalue weighted by molar-refractivity contribution is 7.80. The van der Waals surface area contributed by atoms with Gasteiger partial charge in [-0.3, -0.25) is 14.5 Å². The Morgan fingerprint density at radius 2 is 1.38 bits per heavy atom. The summed E-state index contributed by atoms with van der Waals surface area (Å²) in [7, 11) is 3.16. The van der Waals surface area contributed by atoms with E-state index in [4.69, 9.17) is 35.9 Å². The normalized spacial score (nSPS) is 14.1. The molecule has 48 heavy (non-hydrogen) atoms. The van der Waals surface area contributed by atoms with E-state index in [1.165, 1.54) is 0 Å². The largest absolute Gasteiger partial charge is 0.493 e. The van der Waals surface area contributed by atoms with Crippen molar-refractivity contribution in [3.05, 3.63) is 77.4 Å². The highest BCUT2D eigenvalue weighted by Gasteiger charge is 2.42. The molecule has 0 radical (unpaired) electrons. The van der Waals surface area contributed by atoms with Gasteiger partial charge >= 0.3 is 5.97 Å². The average Bonchev–Trinajstić information content (AvgIpc) is 3.30. The standard InChI is InChI=1S/C36H43N3O8S/c1-6-45-30-16-10-25(22-32(30)46-7-2)18-20-39-34(41)28(23-33(40)37-27-13-11-26(12-14-27)35(42)47-8-3)38(36(39)48)19-17-24-9-15-29(43-4)31(21-24)44-5/h9-16,21-22,28H,6-8,17-20,23H2,1-5H3,(H,37,40)/t28-/m0/s1. The van der Waals surface area contributed by atoms with Gasteiger partial charge in [-0.05, 0) is 105 Å². The molecule has 1 aliphatic heterocycles. The van der Waals surface area contributed by atoms with Crippen molar-refractivity contribution in [3.8, 4) is 23.0 Å². The number of carbonyl (C=O) groups is 3. The molecule has 3 aromatic carbocycles. The van der Waals surface area contributed by atoms with E-state index in [1.54, 1.807) is 50.3 Å². The van der Waals surface area contributed by atoms with Crippen molar-refractivity contribution in [2.24, 2.45) is 0 Å². The Bertz CT molecular complexity index is 1600. The fourth-order valence-electron chi connectivity index (χ4n) is 5.42. The van der Waals surface area contributed by atoms with Crippen molar-refractivity contribution in [1.82, 2.24) is 9.80 Å². The summed E-state index contributed by atoms with van der Waals surface area (Å²) in [5.74, 6) is 1.49. The van der Waals surface area contributed by atoms with Crippen LogP contribution in [-0.2, 0) is 27.2 Å². The number of benzene rings is 3. The van der Waals surface area contributed by atoms with Crippen LogP contribution in [0.15, 0.2) is 60.7 Å². The van der Waals surface area contributed by atoms with E-state index in [1.807, 2.05) is 55.1 Å². The smallest absolute Gasteiger partial charge is 0.338 e. The molecule has 0 saturated carbocycles. The van der Waals surface area contributed by atoms with Crippen molar-refractivity contribution in [2.75, 3.05) is 52.4 Å². The Morgan fingerprint density at radius 1 is 0.771 bits per heavy atom. The van der Waals surface area contributed by atoms with Gasteiger partial charge in [0, 0.05) is 18.8 Å². The summed E-state index contributed by atoms with van der Waals surface area (Å²) in [6.07, 6.45) is 0.956. The maximum Gasteiger partial charge on any atom is 0.338 e. The molecule has 1 aliphatic rings. The fourth-order valence-corrected chi connectivity index (χ4v) is 5.82. The molecular formula is C36H43N3O8S. The van der Waals surface area contributed by atoms with Gasteiger partial charge < -0.3 is 33.9 Å². The van der Waals surface area contributed by atoms with Gasteiger partial charge in [-0.15, -0.1) is 0 Å². The Hall–Kier alpha value is -4.84. The number of esters is 1. The molecule has 3 aromatic rings. The van der Waals surface area contributed by atoms with Crippen LogP contribution in [0.2, 0.25) is 0 Å². The van der Waals surface area contributed by atoms with Gasteiger partial charge in [0.1, 0.15) is 6.04 Å². The molecule has 12 heteroatoms. The van der Waals surface area contributed by atoms with Crippen LogP contribution in [0.5, 0.6) is 23.0 Å². The number of methoxy groups -OCH3 is 2. The quantitative estimate of drug-likeness (QED) is 0.149. The third kappa shape index (κ3) is 8.94. The van der Waals surface area contributed by atoms with Gasteiger partial charge in [0.15, 0.2) is 28.1 Å². The van der Waals surface area contributed by atoms with Crippen LogP contribution in [0.4, 0.5) is 5.69 Å². The molecule has 2 amide bonds. The van der Waals surface area contributed by atoms with E-state index in [0.29, 0.717) is 78.5 Å². The number of nitrogens with one attached hydrogen (secondary N) is 1. The number of thiocarbonyl (C=S) groups is 1. The minimum absolute atomic E-state index is 0.113. The number of hydrogen-bond donors (Lipinski definition) is 1. The SMILES string of the molecule is CCOC(=O)c1ccc(NC(=O)C[C@H]2C(=O)N(CCc3ccc(OCC)c(OCC)c3)C(=S)N2CCc2ccc(OC)c(OC)c2)cc1. The topological polar surface area (TPSA) is 116 Å². The van der Waals surface area contributed by atoms with E-state index < -0.39 is 12.0 Å². The summed E-state index contributed by atoms with van der Waals surface area (Å²) < 4.78 is 27.3. The van der Waals surface area contributed by atoms with Crippen LogP contribution in [0.1, 0.15) is 48.7 Å². The van der Waals surface area contributed by atoms with Gasteiger partial charge in [-0.25, -0.2) is 4.79 Å². The van der Waals surface area contributed by atoms with Crippen molar-refractivity contribution in [1.29, 1.82) is 0 Å². The maximum atomic E-state index is 13.9. The van der Waals surface area contributed by atoms with E-state index in [-0.39, 0.29) is 24.8 Å². The zero-order valence-electron chi connectivity index (χ0n) is 28.1. The number of ether oxygens (including phenoxy) is 5.